The summed E-state index contributed by atoms with van der Waals surface area (Å²) in [4.78, 5) is 0. The molecule has 6 fully saturated rings. The van der Waals surface area contributed by atoms with Gasteiger partial charge in [-0.1, -0.05) is 48.5 Å². The van der Waals surface area contributed by atoms with E-state index in [0.717, 1.165) is 33.4 Å². The molecule has 6 unspecified atom stereocenters. The van der Waals surface area contributed by atoms with Crippen LogP contribution in [0, 0.1) is 0 Å². The van der Waals surface area contributed by atoms with Gasteiger partial charge in [-0.3, -0.25) is 0 Å². The molecule has 1 aliphatic carbocycles. The van der Waals surface area contributed by atoms with E-state index in [9.17, 15) is 0 Å². The summed E-state index contributed by atoms with van der Waals surface area (Å²) < 4.78 is 72.7. The Morgan fingerprint density at radius 3 is 0.964 bits per heavy atom. The van der Waals surface area contributed by atoms with E-state index >= 15 is 0 Å². The van der Waals surface area contributed by atoms with Crippen molar-refractivity contribution in [1.29, 1.82) is 0 Å². The van der Waals surface area contributed by atoms with Crippen molar-refractivity contribution in [2.24, 2.45) is 0 Å². The number of hydrogen-bond acceptors (Lipinski definition) is 12. The molecule has 4 aromatic carbocycles. The van der Waals surface area contributed by atoms with Gasteiger partial charge in [-0.2, -0.15) is 0 Å². The van der Waals surface area contributed by atoms with Gasteiger partial charge >= 0.3 is 0 Å². The summed E-state index contributed by atoms with van der Waals surface area (Å²) in [6, 6.07) is 25.5. The monoisotopic (exact) mass is 750 g/mol. The fourth-order valence-electron chi connectivity index (χ4n) is 7.39. The van der Waals surface area contributed by atoms with Gasteiger partial charge < -0.3 is 56.8 Å². The van der Waals surface area contributed by atoms with Crippen molar-refractivity contribution in [1.82, 2.24) is 0 Å². The van der Waals surface area contributed by atoms with Gasteiger partial charge in [-0.15, -0.1) is 0 Å². The van der Waals surface area contributed by atoms with E-state index in [0.29, 0.717) is 114 Å². The Morgan fingerprint density at radius 1 is 0.400 bits per heavy atom. The molecule has 6 aliphatic heterocycles. The molecule has 0 saturated carbocycles. The highest BCUT2D eigenvalue weighted by atomic mass is 16.6. The minimum atomic E-state index is -0.895. The number of benzene rings is 4. The van der Waals surface area contributed by atoms with E-state index in [2.05, 4.69) is 72.8 Å². The molecule has 0 radical (unpaired) electrons. The predicted molar refractivity (Wildman–Crippen MR) is 195 cm³/mol. The molecule has 0 bridgehead atoms. The molecule has 6 saturated heterocycles. The summed E-state index contributed by atoms with van der Waals surface area (Å²) in [6.45, 7) is 6.23. The second kappa shape index (κ2) is 13.9. The summed E-state index contributed by atoms with van der Waals surface area (Å²) in [6.07, 6.45) is 0.151. The Hall–Kier alpha value is -4.56. The molecule has 6 heterocycles. The summed E-state index contributed by atoms with van der Waals surface area (Å²) in [5.74, 6) is 3.32. The molecular formula is C43H42O12. The van der Waals surface area contributed by atoms with Crippen molar-refractivity contribution in [3.8, 4) is 45.6 Å². The SMILES string of the molecule is c1ccc2c(c1)-c1ccccc1C2(c1cc(OCC2CO2)c(OCC2CO2)c(OCC2CO2)c1)c1cc(OCC2CO2)c(OCC2CO2)c(OCC2CO2)c1. The maximum absolute atomic E-state index is 6.59. The molecule has 0 spiro atoms. The average Bonchev–Trinajstić information content (AvgIpc) is 4.00. The Balaban J connectivity index is 1.13. The van der Waals surface area contributed by atoms with Crippen LogP contribution in [-0.2, 0) is 33.8 Å². The van der Waals surface area contributed by atoms with Crippen LogP contribution in [0.2, 0.25) is 0 Å². The second-order valence-corrected chi connectivity index (χ2v) is 15.0. The number of hydrogen-bond donors (Lipinski definition) is 0. The molecule has 12 nitrogen and oxygen atoms in total. The summed E-state index contributed by atoms with van der Waals surface area (Å²) in [5, 5.41) is 0. The van der Waals surface area contributed by atoms with E-state index in [4.69, 9.17) is 56.8 Å². The van der Waals surface area contributed by atoms with E-state index in [1.807, 2.05) is 0 Å². The van der Waals surface area contributed by atoms with Crippen LogP contribution in [0.3, 0.4) is 0 Å². The Labute approximate surface area is 318 Å². The van der Waals surface area contributed by atoms with Crippen LogP contribution in [-0.4, -0.2) is 116 Å². The topological polar surface area (TPSA) is 131 Å². The van der Waals surface area contributed by atoms with Gasteiger partial charge in [-0.05, 0) is 57.6 Å². The van der Waals surface area contributed by atoms with E-state index in [1.54, 1.807) is 0 Å². The molecule has 12 heteroatoms. The Morgan fingerprint density at radius 2 is 0.673 bits per heavy atom. The minimum Gasteiger partial charge on any atom is -0.487 e. The van der Waals surface area contributed by atoms with Crippen molar-refractivity contribution in [3.63, 3.8) is 0 Å². The Kier molecular flexibility index (Phi) is 8.51. The summed E-state index contributed by atoms with van der Waals surface area (Å²) >= 11 is 0. The molecule has 6 atom stereocenters. The second-order valence-electron chi connectivity index (χ2n) is 15.0. The summed E-state index contributed by atoms with van der Waals surface area (Å²) in [7, 11) is 0. The van der Waals surface area contributed by atoms with Crippen LogP contribution in [0.5, 0.6) is 34.5 Å². The fourth-order valence-corrected chi connectivity index (χ4v) is 7.39. The number of epoxide rings is 6. The zero-order valence-electron chi connectivity index (χ0n) is 30.3. The van der Waals surface area contributed by atoms with Crippen LogP contribution < -0.4 is 28.4 Å². The molecule has 0 amide bonds. The molecular weight excluding hydrogens is 708 g/mol. The van der Waals surface area contributed by atoms with E-state index in [-0.39, 0.29) is 36.6 Å². The average molecular weight is 751 g/mol. The smallest absolute Gasteiger partial charge is 0.203 e. The van der Waals surface area contributed by atoms with Crippen LogP contribution >= 0.6 is 0 Å². The van der Waals surface area contributed by atoms with Crippen molar-refractivity contribution in [3.05, 3.63) is 95.1 Å². The third-order valence-corrected chi connectivity index (χ3v) is 10.8. The molecule has 7 aliphatic rings. The largest absolute Gasteiger partial charge is 0.487 e. The van der Waals surface area contributed by atoms with Crippen molar-refractivity contribution in [2.75, 3.05) is 79.3 Å². The fraction of sp³-hybridized carbons (Fsp3) is 0.442. The van der Waals surface area contributed by atoms with Crippen LogP contribution in [0.15, 0.2) is 72.8 Å². The normalized spacial score (nSPS) is 26.6. The lowest BCUT2D eigenvalue weighted by Gasteiger charge is -2.35. The van der Waals surface area contributed by atoms with Gasteiger partial charge in [0.15, 0.2) is 23.0 Å². The van der Waals surface area contributed by atoms with Gasteiger partial charge in [0.1, 0.15) is 76.3 Å². The molecule has 0 aromatic heterocycles. The maximum atomic E-state index is 6.59. The van der Waals surface area contributed by atoms with E-state index < -0.39 is 5.41 Å². The van der Waals surface area contributed by atoms with Gasteiger partial charge in [0.2, 0.25) is 11.5 Å². The lowest BCUT2D eigenvalue weighted by atomic mass is 9.67. The molecule has 55 heavy (non-hydrogen) atoms. The lowest BCUT2D eigenvalue weighted by Crippen LogP contribution is -2.29. The first kappa shape index (κ1) is 33.8. The van der Waals surface area contributed by atoms with Crippen molar-refractivity contribution >= 4 is 0 Å². The van der Waals surface area contributed by atoms with Crippen LogP contribution in [0.25, 0.3) is 11.1 Å². The predicted octanol–water partition coefficient (Wildman–Crippen LogP) is 4.72. The first-order chi connectivity index (χ1) is 27.2. The zero-order valence-corrected chi connectivity index (χ0v) is 30.3. The highest BCUT2D eigenvalue weighted by Gasteiger charge is 2.48. The van der Waals surface area contributed by atoms with Gasteiger partial charge in [-0.25, -0.2) is 0 Å². The van der Waals surface area contributed by atoms with Crippen molar-refractivity contribution in [2.45, 2.75) is 42.0 Å². The molecule has 0 N–H and O–H groups in total. The molecule has 4 aromatic rings. The van der Waals surface area contributed by atoms with Gasteiger partial charge in [0.05, 0.1) is 45.1 Å². The standard InChI is InChI=1S/C43H42O12/c1-3-7-35-33(5-1)34-6-2-4-8-36(34)43(35,25-9-37(50-19-27-13-44-27)41(54-23-31-17-48-31)38(10-25)51-20-28-14-45-28)26-11-39(52-21-29-15-46-29)42(55-24-32-18-49-32)40(12-26)53-22-30-16-47-30/h1-12,27-32H,13-24H2. The van der Waals surface area contributed by atoms with Crippen LogP contribution in [0.1, 0.15) is 22.3 Å². The number of rotatable bonds is 20. The number of fused-ring (bicyclic) bond motifs is 3. The number of ether oxygens (including phenoxy) is 12. The first-order valence-corrected chi connectivity index (χ1v) is 19.2. The van der Waals surface area contributed by atoms with E-state index in [1.165, 1.54) is 0 Å². The third-order valence-electron chi connectivity index (χ3n) is 10.8. The highest BCUT2D eigenvalue weighted by Crippen LogP contribution is 2.59. The first-order valence-electron chi connectivity index (χ1n) is 19.2. The maximum Gasteiger partial charge on any atom is 0.203 e. The van der Waals surface area contributed by atoms with Gasteiger partial charge in [0, 0.05) is 0 Å². The molecule has 11 rings (SSSR count). The van der Waals surface area contributed by atoms with Crippen molar-refractivity contribution < 1.29 is 56.8 Å². The van der Waals surface area contributed by atoms with Crippen LogP contribution in [0.4, 0.5) is 0 Å². The zero-order chi connectivity index (χ0) is 36.3. The third kappa shape index (κ3) is 7.07. The Bertz CT molecular complexity index is 1840. The summed E-state index contributed by atoms with van der Waals surface area (Å²) in [5.41, 5.74) is 5.39. The molecule has 286 valence electrons. The van der Waals surface area contributed by atoms with Gasteiger partial charge in [0.25, 0.3) is 0 Å². The quantitative estimate of drug-likeness (QED) is 0.102. The highest BCUT2D eigenvalue weighted by molar-refractivity contribution is 5.87. The lowest BCUT2D eigenvalue weighted by molar-refractivity contribution is 0.207. The minimum absolute atomic E-state index is 0.0216.